The van der Waals surface area contributed by atoms with E-state index >= 15 is 0 Å². The molecule has 0 aliphatic rings. The molecule has 1 heterocycles. The highest BCUT2D eigenvalue weighted by Gasteiger charge is 2.08. The van der Waals surface area contributed by atoms with Gasteiger partial charge in [0.2, 0.25) is 5.88 Å². The van der Waals surface area contributed by atoms with Gasteiger partial charge < -0.3 is 4.74 Å². The summed E-state index contributed by atoms with van der Waals surface area (Å²) in [5, 5.41) is 19.0. The molecule has 4 nitrogen and oxygen atoms in total. The van der Waals surface area contributed by atoms with Crippen molar-refractivity contribution in [1.82, 2.24) is 10.2 Å². The van der Waals surface area contributed by atoms with Crippen molar-refractivity contribution in [3.8, 4) is 17.7 Å². The number of aryl methyl sites for hydroxylation is 1. The average molecular weight is 261 g/mol. The summed E-state index contributed by atoms with van der Waals surface area (Å²) in [5.41, 5.74) is 1.41. The van der Waals surface area contributed by atoms with E-state index in [0.717, 1.165) is 16.5 Å². The topological polar surface area (TPSA) is 58.8 Å². The zero-order valence-electron chi connectivity index (χ0n) is 10.9. The Morgan fingerprint density at radius 2 is 1.80 bits per heavy atom. The van der Waals surface area contributed by atoms with E-state index in [2.05, 4.69) is 16.3 Å². The number of ether oxygens (including phenoxy) is 1. The summed E-state index contributed by atoms with van der Waals surface area (Å²) in [7, 11) is 0. The number of hydrogen-bond donors (Lipinski definition) is 0. The molecule has 0 N–H and O–H groups in total. The van der Waals surface area contributed by atoms with Gasteiger partial charge in [0.15, 0.2) is 0 Å². The number of hydrogen-bond acceptors (Lipinski definition) is 4. The fourth-order valence-electron chi connectivity index (χ4n) is 2.03. The normalized spacial score (nSPS) is 10.2. The van der Waals surface area contributed by atoms with Crippen LogP contribution in [0.2, 0.25) is 0 Å². The molecule has 0 saturated carbocycles. The first-order chi connectivity index (χ1) is 9.78. The quantitative estimate of drug-likeness (QED) is 0.707. The Hall–Kier alpha value is -2.93. The molecular formula is C16H11N3O. The first kappa shape index (κ1) is 12.1. The van der Waals surface area contributed by atoms with Gasteiger partial charge in [-0.2, -0.15) is 10.4 Å². The SMILES string of the molecule is Cc1nnc(Oc2cccc(C#N)c2)c2ccccc12. The number of fused-ring (bicyclic) bond motifs is 1. The molecule has 0 fully saturated rings. The van der Waals surface area contributed by atoms with E-state index in [1.165, 1.54) is 0 Å². The fraction of sp³-hybridized carbons (Fsp3) is 0.0625. The number of nitrogens with zero attached hydrogens (tertiary/aromatic N) is 3. The van der Waals surface area contributed by atoms with Crippen LogP contribution in [-0.2, 0) is 0 Å². The lowest BCUT2D eigenvalue weighted by atomic mass is 10.1. The van der Waals surface area contributed by atoms with Crippen LogP contribution in [0.3, 0.4) is 0 Å². The van der Waals surface area contributed by atoms with E-state index in [9.17, 15) is 0 Å². The zero-order chi connectivity index (χ0) is 13.9. The third kappa shape index (κ3) is 2.17. The van der Waals surface area contributed by atoms with Gasteiger partial charge in [-0.3, -0.25) is 0 Å². The highest BCUT2D eigenvalue weighted by molar-refractivity contribution is 5.88. The fourth-order valence-corrected chi connectivity index (χ4v) is 2.03. The van der Waals surface area contributed by atoms with Crippen molar-refractivity contribution in [3.05, 3.63) is 59.8 Å². The van der Waals surface area contributed by atoms with Crippen molar-refractivity contribution in [2.24, 2.45) is 0 Å². The predicted molar refractivity (Wildman–Crippen MR) is 75.5 cm³/mol. The number of rotatable bonds is 2. The second-order valence-corrected chi connectivity index (χ2v) is 4.38. The molecule has 4 heteroatoms. The van der Waals surface area contributed by atoms with Crippen LogP contribution in [0.25, 0.3) is 10.8 Å². The van der Waals surface area contributed by atoms with Crippen molar-refractivity contribution < 1.29 is 4.74 Å². The number of nitriles is 1. The van der Waals surface area contributed by atoms with Gasteiger partial charge in [-0.1, -0.05) is 24.3 Å². The molecular weight excluding hydrogens is 250 g/mol. The van der Waals surface area contributed by atoms with Gasteiger partial charge in [-0.25, -0.2) is 0 Å². The zero-order valence-corrected chi connectivity index (χ0v) is 10.9. The maximum atomic E-state index is 8.90. The van der Waals surface area contributed by atoms with Gasteiger partial charge in [-0.05, 0) is 31.2 Å². The standard InChI is InChI=1S/C16H11N3O/c1-11-14-7-2-3-8-15(14)16(19-18-11)20-13-6-4-5-12(9-13)10-17/h2-9H,1H3. The van der Waals surface area contributed by atoms with Gasteiger partial charge in [0, 0.05) is 10.8 Å². The summed E-state index contributed by atoms with van der Waals surface area (Å²) in [5.74, 6) is 1.02. The number of aromatic nitrogens is 2. The molecule has 20 heavy (non-hydrogen) atoms. The molecule has 0 unspecified atom stereocenters. The molecule has 3 rings (SSSR count). The average Bonchev–Trinajstić information content (AvgIpc) is 2.51. The Bertz CT molecular complexity index is 821. The minimum Gasteiger partial charge on any atom is -0.437 e. The first-order valence-electron chi connectivity index (χ1n) is 6.18. The van der Waals surface area contributed by atoms with E-state index in [0.29, 0.717) is 17.2 Å². The Balaban J connectivity index is 2.07. The predicted octanol–water partition coefficient (Wildman–Crippen LogP) is 3.60. The maximum Gasteiger partial charge on any atom is 0.246 e. The highest BCUT2D eigenvalue weighted by atomic mass is 16.5. The Morgan fingerprint density at radius 3 is 2.60 bits per heavy atom. The van der Waals surface area contributed by atoms with Crippen molar-refractivity contribution in [2.75, 3.05) is 0 Å². The van der Waals surface area contributed by atoms with E-state index in [4.69, 9.17) is 10.00 Å². The lowest BCUT2D eigenvalue weighted by molar-refractivity contribution is 0.461. The van der Waals surface area contributed by atoms with Gasteiger partial charge in [-0.15, -0.1) is 5.10 Å². The van der Waals surface area contributed by atoms with Crippen LogP contribution in [0.1, 0.15) is 11.3 Å². The Kier molecular flexibility index (Phi) is 3.02. The lowest BCUT2D eigenvalue weighted by Gasteiger charge is -2.08. The third-order valence-electron chi connectivity index (χ3n) is 3.02. The molecule has 0 aliphatic heterocycles. The highest BCUT2D eigenvalue weighted by Crippen LogP contribution is 2.28. The van der Waals surface area contributed by atoms with Crippen molar-refractivity contribution in [2.45, 2.75) is 6.92 Å². The van der Waals surface area contributed by atoms with Gasteiger partial charge >= 0.3 is 0 Å². The second kappa shape index (κ2) is 4.98. The minimum absolute atomic E-state index is 0.446. The molecule has 0 radical (unpaired) electrons. The van der Waals surface area contributed by atoms with Crippen LogP contribution >= 0.6 is 0 Å². The second-order valence-electron chi connectivity index (χ2n) is 4.38. The first-order valence-corrected chi connectivity index (χ1v) is 6.18. The monoisotopic (exact) mass is 261 g/mol. The van der Waals surface area contributed by atoms with Gasteiger partial charge in [0.25, 0.3) is 0 Å². The molecule has 2 aromatic carbocycles. The summed E-state index contributed by atoms with van der Waals surface area (Å²) in [6, 6.07) is 16.9. The molecule has 0 aliphatic carbocycles. The molecule has 0 spiro atoms. The van der Waals surface area contributed by atoms with Crippen LogP contribution in [-0.4, -0.2) is 10.2 Å². The van der Waals surface area contributed by atoms with Crippen molar-refractivity contribution in [1.29, 1.82) is 5.26 Å². The summed E-state index contributed by atoms with van der Waals surface area (Å²) >= 11 is 0. The molecule has 1 aromatic heterocycles. The lowest BCUT2D eigenvalue weighted by Crippen LogP contribution is -1.95. The van der Waals surface area contributed by atoms with E-state index < -0.39 is 0 Å². The third-order valence-corrected chi connectivity index (χ3v) is 3.02. The van der Waals surface area contributed by atoms with Crippen LogP contribution in [0.5, 0.6) is 11.6 Å². The summed E-state index contributed by atoms with van der Waals surface area (Å²) in [6.45, 7) is 1.91. The van der Waals surface area contributed by atoms with Crippen LogP contribution < -0.4 is 4.74 Å². The van der Waals surface area contributed by atoms with Crippen LogP contribution in [0, 0.1) is 18.3 Å². The summed E-state index contributed by atoms with van der Waals surface area (Å²) < 4.78 is 5.76. The van der Waals surface area contributed by atoms with Gasteiger partial charge in [0.05, 0.1) is 17.3 Å². The smallest absolute Gasteiger partial charge is 0.246 e. The van der Waals surface area contributed by atoms with Crippen molar-refractivity contribution in [3.63, 3.8) is 0 Å². The Morgan fingerprint density at radius 1 is 1.00 bits per heavy atom. The summed E-state index contributed by atoms with van der Waals surface area (Å²) in [4.78, 5) is 0. The molecule has 0 amide bonds. The summed E-state index contributed by atoms with van der Waals surface area (Å²) in [6.07, 6.45) is 0. The van der Waals surface area contributed by atoms with E-state index in [-0.39, 0.29) is 0 Å². The van der Waals surface area contributed by atoms with E-state index in [1.54, 1.807) is 24.3 Å². The van der Waals surface area contributed by atoms with Gasteiger partial charge in [0.1, 0.15) is 5.75 Å². The molecule has 3 aromatic rings. The maximum absolute atomic E-state index is 8.90. The molecule has 0 saturated heterocycles. The molecule has 0 bridgehead atoms. The molecule has 96 valence electrons. The minimum atomic E-state index is 0.446. The van der Waals surface area contributed by atoms with Crippen molar-refractivity contribution >= 4 is 10.8 Å². The Labute approximate surface area is 116 Å². The largest absolute Gasteiger partial charge is 0.437 e. The molecule has 0 atom stereocenters. The van der Waals surface area contributed by atoms with E-state index in [1.807, 2.05) is 31.2 Å². The van der Waals surface area contributed by atoms with Crippen LogP contribution in [0.15, 0.2) is 48.5 Å². The number of benzene rings is 2. The van der Waals surface area contributed by atoms with Crippen LogP contribution in [0.4, 0.5) is 0 Å².